The number of hydrogen-bond donors (Lipinski definition) is 2. The van der Waals surface area contributed by atoms with Gasteiger partial charge >= 0.3 is 0 Å². The maximum absolute atomic E-state index is 11.8. The molecule has 20 heavy (non-hydrogen) atoms. The van der Waals surface area contributed by atoms with Gasteiger partial charge in [-0.1, -0.05) is 25.1 Å². The normalized spacial score (nSPS) is 18.8. The average Bonchev–Trinajstić information content (AvgIpc) is 2.50. The van der Waals surface area contributed by atoms with Crippen molar-refractivity contribution in [3.8, 4) is 5.75 Å². The van der Waals surface area contributed by atoms with E-state index in [0.717, 1.165) is 38.3 Å². The molecule has 0 saturated heterocycles. The molecule has 4 nitrogen and oxygen atoms in total. The van der Waals surface area contributed by atoms with Crippen LogP contribution in [0.3, 0.4) is 0 Å². The third-order valence-corrected chi connectivity index (χ3v) is 3.70. The zero-order chi connectivity index (χ0) is 14.4. The third kappa shape index (κ3) is 3.73. The van der Waals surface area contributed by atoms with E-state index in [1.165, 1.54) is 5.56 Å². The van der Waals surface area contributed by atoms with Crippen LogP contribution in [0.1, 0.15) is 38.2 Å². The first-order valence-corrected chi connectivity index (χ1v) is 7.45. The molecule has 0 fully saturated rings. The zero-order valence-corrected chi connectivity index (χ0v) is 12.3. The molecule has 0 radical (unpaired) electrons. The number of hydrogen-bond acceptors (Lipinski definition) is 3. The Labute approximate surface area is 120 Å². The Hall–Kier alpha value is -1.55. The van der Waals surface area contributed by atoms with E-state index in [0.29, 0.717) is 5.92 Å². The Morgan fingerprint density at radius 2 is 2.25 bits per heavy atom. The Kier molecular flexibility index (Phi) is 5.41. The van der Waals surface area contributed by atoms with Crippen molar-refractivity contribution in [2.45, 2.75) is 38.6 Å². The molecule has 1 heterocycles. The predicted octanol–water partition coefficient (Wildman–Crippen LogP) is 2.06. The van der Waals surface area contributed by atoms with Crippen LogP contribution >= 0.6 is 0 Å². The summed E-state index contributed by atoms with van der Waals surface area (Å²) < 4.78 is 5.65. The maximum atomic E-state index is 11.8. The summed E-state index contributed by atoms with van der Waals surface area (Å²) in [5.41, 5.74) is 1.24. The van der Waals surface area contributed by atoms with Gasteiger partial charge in [0.25, 0.3) is 0 Å². The van der Waals surface area contributed by atoms with Gasteiger partial charge in [0, 0.05) is 19.0 Å². The lowest BCUT2D eigenvalue weighted by Gasteiger charge is -2.27. The molecule has 0 saturated carbocycles. The number of carbonyl (C=O) groups is 1. The highest BCUT2D eigenvalue weighted by atomic mass is 16.5. The van der Waals surface area contributed by atoms with Crippen LogP contribution in [0.4, 0.5) is 0 Å². The number of carbonyl (C=O) groups excluding carboxylic acids is 1. The Bertz CT molecular complexity index is 448. The van der Waals surface area contributed by atoms with Gasteiger partial charge in [-0.05, 0) is 31.4 Å². The molecule has 0 aliphatic carbocycles. The van der Waals surface area contributed by atoms with E-state index >= 15 is 0 Å². The monoisotopic (exact) mass is 276 g/mol. The lowest BCUT2D eigenvalue weighted by molar-refractivity contribution is -0.122. The summed E-state index contributed by atoms with van der Waals surface area (Å²) in [6.45, 7) is 6.26. The van der Waals surface area contributed by atoms with Gasteiger partial charge < -0.3 is 15.4 Å². The van der Waals surface area contributed by atoms with E-state index in [4.69, 9.17) is 4.74 Å². The number of para-hydroxylation sites is 1. The number of nitrogens with one attached hydrogen (secondary N) is 2. The molecule has 2 rings (SSSR count). The minimum absolute atomic E-state index is 0.0761. The minimum atomic E-state index is -0.156. The van der Waals surface area contributed by atoms with Crippen LogP contribution in [-0.2, 0) is 4.79 Å². The standard InChI is InChI=1S/C16H24N2O2/c1-3-9-17-16(19)12(2)18-11-13-8-10-20-15-7-5-4-6-14(13)15/h4-7,12-13,18H,3,8-11H2,1-2H3,(H,17,19). The van der Waals surface area contributed by atoms with Crippen LogP contribution in [0.2, 0.25) is 0 Å². The fourth-order valence-corrected chi connectivity index (χ4v) is 2.44. The SMILES string of the molecule is CCCNC(=O)C(C)NCC1CCOc2ccccc21. The molecule has 110 valence electrons. The number of fused-ring (bicyclic) bond motifs is 1. The minimum Gasteiger partial charge on any atom is -0.493 e. The van der Waals surface area contributed by atoms with E-state index in [1.807, 2.05) is 25.1 Å². The molecule has 0 spiro atoms. The quantitative estimate of drug-likeness (QED) is 0.836. The van der Waals surface area contributed by atoms with Crippen molar-refractivity contribution >= 4 is 5.91 Å². The lowest BCUT2D eigenvalue weighted by Crippen LogP contribution is -2.44. The second-order valence-electron chi connectivity index (χ2n) is 5.29. The van der Waals surface area contributed by atoms with Gasteiger partial charge in [0.1, 0.15) is 5.75 Å². The van der Waals surface area contributed by atoms with Crippen molar-refractivity contribution in [2.75, 3.05) is 19.7 Å². The fourth-order valence-electron chi connectivity index (χ4n) is 2.44. The van der Waals surface area contributed by atoms with Gasteiger partial charge in [-0.3, -0.25) is 4.79 Å². The molecule has 1 amide bonds. The van der Waals surface area contributed by atoms with Gasteiger partial charge in [0.15, 0.2) is 0 Å². The first kappa shape index (κ1) is 14.9. The number of rotatable bonds is 6. The topological polar surface area (TPSA) is 50.4 Å². The second kappa shape index (κ2) is 7.29. The van der Waals surface area contributed by atoms with Crippen molar-refractivity contribution in [3.63, 3.8) is 0 Å². The lowest BCUT2D eigenvalue weighted by atomic mass is 9.93. The van der Waals surface area contributed by atoms with Gasteiger partial charge in [-0.2, -0.15) is 0 Å². The molecular weight excluding hydrogens is 252 g/mol. The van der Waals surface area contributed by atoms with Crippen molar-refractivity contribution in [1.29, 1.82) is 0 Å². The molecule has 2 N–H and O–H groups in total. The molecule has 1 aliphatic heterocycles. The third-order valence-electron chi connectivity index (χ3n) is 3.70. The fraction of sp³-hybridized carbons (Fsp3) is 0.562. The Morgan fingerprint density at radius 3 is 3.05 bits per heavy atom. The van der Waals surface area contributed by atoms with Crippen molar-refractivity contribution < 1.29 is 9.53 Å². The molecule has 1 aromatic carbocycles. The first-order chi connectivity index (χ1) is 9.72. The summed E-state index contributed by atoms with van der Waals surface area (Å²) in [7, 11) is 0. The number of ether oxygens (including phenoxy) is 1. The van der Waals surface area contributed by atoms with Gasteiger partial charge in [-0.15, -0.1) is 0 Å². The van der Waals surface area contributed by atoms with Crippen LogP contribution in [0, 0.1) is 0 Å². The summed E-state index contributed by atoms with van der Waals surface area (Å²) >= 11 is 0. The van der Waals surface area contributed by atoms with Gasteiger partial charge in [0.05, 0.1) is 12.6 Å². The van der Waals surface area contributed by atoms with Gasteiger partial charge in [0.2, 0.25) is 5.91 Å². The summed E-state index contributed by atoms with van der Waals surface area (Å²) in [5, 5.41) is 6.25. The summed E-state index contributed by atoms with van der Waals surface area (Å²) in [5.74, 6) is 1.47. The molecule has 1 aromatic rings. The van der Waals surface area contributed by atoms with E-state index in [1.54, 1.807) is 0 Å². The number of benzene rings is 1. The molecule has 0 bridgehead atoms. The predicted molar refractivity (Wildman–Crippen MR) is 80.1 cm³/mol. The van der Waals surface area contributed by atoms with Crippen molar-refractivity contribution in [1.82, 2.24) is 10.6 Å². The summed E-state index contributed by atoms with van der Waals surface area (Å²) in [4.78, 5) is 11.8. The smallest absolute Gasteiger partial charge is 0.236 e. The van der Waals surface area contributed by atoms with Crippen LogP contribution in [0.25, 0.3) is 0 Å². The highest BCUT2D eigenvalue weighted by molar-refractivity contribution is 5.81. The Morgan fingerprint density at radius 1 is 1.45 bits per heavy atom. The van der Waals surface area contributed by atoms with Crippen LogP contribution in [-0.4, -0.2) is 31.6 Å². The second-order valence-corrected chi connectivity index (χ2v) is 5.29. The van der Waals surface area contributed by atoms with Crippen LogP contribution < -0.4 is 15.4 Å². The van der Waals surface area contributed by atoms with Gasteiger partial charge in [-0.25, -0.2) is 0 Å². The first-order valence-electron chi connectivity index (χ1n) is 7.45. The summed E-state index contributed by atoms with van der Waals surface area (Å²) in [6.07, 6.45) is 1.96. The van der Waals surface area contributed by atoms with E-state index in [2.05, 4.69) is 23.6 Å². The van der Waals surface area contributed by atoms with Crippen LogP contribution in [0.5, 0.6) is 5.75 Å². The Balaban J connectivity index is 1.87. The van der Waals surface area contributed by atoms with E-state index in [9.17, 15) is 4.79 Å². The molecule has 2 unspecified atom stereocenters. The van der Waals surface area contributed by atoms with Crippen molar-refractivity contribution in [2.24, 2.45) is 0 Å². The summed E-state index contributed by atoms with van der Waals surface area (Å²) in [6, 6.07) is 8.01. The maximum Gasteiger partial charge on any atom is 0.236 e. The molecule has 0 aromatic heterocycles. The molecular formula is C16H24N2O2. The van der Waals surface area contributed by atoms with Crippen molar-refractivity contribution in [3.05, 3.63) is 29.8 Å². The van der Waals surface area contributed by atoms with E-state index in [-0.39, 0.29) is 11.9 Å². The van der Waals surface area contributed by atoms with E-state index < -0.39 is 0 Å². The molecule has 1 aliphatic rings. The molecule has 2 atom stereocenters. The number of amides is 1. The zero-order valence-electron chi connectivity index (χ0n) is 12.3. The highest BCUT2D eigenvalue weighted by Gasteiger charge is 2.22. The average molecular weight is 276 g/mol. The highest BCUT2D eigenvalue weighted by Crippen LogP contribution is 2.32. The largest absolute Gasteiger partial charge is 0.493 e. The molecule has 4 heteroatoms. The van der Waals surface area contributed by atoms with Crippen LogP contribution in [0.15, 0.2) is 24.3 Å².